The van der Waals surface area contributed by atoms with Gasteiger partial charge in [0.1, 0.15) is 17.5 Å². The van der Waals surface area contributed by atoms with Crippen LogP contribution in [0.15, 0.2) is 42.6 Å². The van der Waals surface area contributed by atoms with Gasteiger partial charge in [-0.15, -0.1) is 0 Å². The summed E-state index contributed by atoms with van der Waals surface area (Å²) in [5, 5.41) is 0.342. The highest BCUT2D eigenvalue weighted by atomic mass is 35.5. The van der Waals surface area contributed by atoms with Crippen LogP contribution in [0, 0.1) is 5.41 Å². The van der Waals surface area contributed by atoms with Gasteiger partial charge in [-0.05, 0) is 42.9 Å². The normalized spacial score (nSPS) is 21.4. The molecule has 0 saturated carbocycles. The maximum absolute atomic E-state index is 12.6. The maximum atomic E-state index is 12.6. The molecule has 2 aromatic heterocycles. The third kappa shape index (κ3) is 4.22. The van der Waals surface area contributed by atoms with Crippen molar-refractivity contribution in [3.63, 3.8) is 0 Å². The zero-order chi connectivity index (χ0) is 18.7. The van der Waals surface area contributed by atoms with Crippen molar-refractivity contribution in [3.05, 3.63) is 53.4 Å². The molecule has 0 bridgehead atoms. The standard InChI is InChI=1S/C20H22ClN3O3/c21-17-5-3-4-16(23-17)19(25)24-10-7-20(8-11-24)12-15(27-14-20)13-26-18-6-1-2-9-22-18/h1-6,9,15H,7-8,10-14H2. The molecular weight excluding hydrogens is 366 g/mol. The molecule has 0 radical (unpaired) electrons. The van der Waals surface area contributed by atoms with Crippen LogP contribution in [0.2, 0.25) is 5.15 Å². The Morgan fingerprint density at radius 2 is 2.11 bits per heavy atom. The molecule has 2 saturated heterocycles. The minimum absolute atomic E-state index is 0.0544. The van der Waals surface area contributed by atoms with Crippen LogP contribution in [0.4, 0.5) is 0 Å². The Bertz CT molecular complexity index is 794. The third-order valence-electron chi connectivity index (χ3n) is 5.39. The molecule has 2 aromatic rings. The highest BCUT2D eigenvalue weighted by Crippen LogP contribution is 2.42. The number of nitrogens with zero attached hydrogens (tertiary/aromatic N) is 3. The lowest BCUT2D eigenvalue weighted by Crippen LogP contribution is -2.43. The van der Waals surface area contributed by atoms with Crippen molar-refractivity contribution in [2.75, 3.05) is 26.3 Å². The maximum Gasteiger partial charge on any atom is 0.272 e. The molecule has 0 N–H and O–H groups in total. The number of carbonyl (C=O) groups excluding carboxylic acids is 1. The second kappa shape index (κ2) is 7.82. The average molecular weight is 388 g/mol. The second-order valence-corrected chi connectivity index (χ2v) is 7.64. The number of piperidine rings is 1. The summed E-state index contributed by atoms with van der Waals surface area (Å²) >= 11 is 5.90. The number of aromatic nitrogens is 2. The molecule has 4 rings (SSSR count). The molecular formula is C20H22ClN3O3. The lowest BCUT2D eigenvalue weighted by atomic mass is 9.76. The quantitative estimate of drug-likeness (QED) is 0.753. The van der Waals surface area contributed by atoms with E-state index in [0.29, 0.717) is 36.4 Å². The summed E-state index contributed by atoms with van der Waals surface area (Å²) in [7, 11) is 0. The summed E-state index contributed by atoms with van der Waals surface area (Å²) in [6.45, 7) is 2.66. The first kappa shape index (κ1) is 18.2. The van der Waals surface area contributed by atoms with Gasteiger partial charge in [-0.3, -0.25) is 4.79 Å². The van der Waals surface area contributed by atoms with Crippen molar-refractivity contribution in [1.29, 1.82) is 0 Å². The number of rotatable bonds is 4. The van der Waals surface area contributed by atoms with E-state index >= 15 is 0 Å². The van der Waals surface area contributed by atoms with Gasteiger partial charge in [0.2, 0.25) is 5.88 Å². The van der Waals surface area contributed by atoms with E-state index in [1.54, 1.807) is 24.4 Å². The van der Waals surface area contributed by atoms with Crippen molar-refractivity contribution < 1.29 is 14.3 Å². The van der Waals surface area contributed by atoms with E-state index < -0.39 is 0 Å². The first-order valence-electron chi connectivity index (χ1n) is 9.21. The van der Waals surface area contributed by atoms with Gasteiger partial charge < -0.3 is 14.4 Å². The highest BCUT2D eigenvalue weighted by molar-refractivity contribution is 6.29. The van der Waals surface area contributed by atoms with E-state index in [-0.39, 0.29) is 17.4 Å². The van der Waals surface area contributed by atoms with Crippen molar-refractivity contribution in [2.24, 2.45) is 5.41 Å². The molecule has 1 spiro atoms. The Labute approximate surface area is 163 Å². The number of carbonyl (C=O) groups is 1. The van der Waals surface area contributed by atoms with Gasteiger partial charge in [-0.1, -0.05) is 23.7 Å². The van der Waals surface area contributed by atoms with Gasteiger partial charge in [-0.25, -0.2) is 9.97 Å². The van der Waals surface area contributed by atoms with E-state index in [9.17, 15) is 4.79 Å². The van der Waals surface area contributed by atoms with Crippen LogP contribution in [-0.4, -0.2) is 53.2 Å². The molecule has 27 heavy (non-hydrogen) atoms. The van der Waals surface area contributed by atoms with Gasteiger partial charge in [0.25, 0.3) is 5.91 Å². The van der Waals surface area contributed by atoms with E-state index in [4.69, 9.17) is 21.1 Å². The molecule has 7 heteroatoms. The molecule has 4 heterocycles. The zero-order valence-corrected chi connectivity index (χ0v) is 15.8. The number of amides is 1. The van der Waals surface area contributed by atoms with Crippen LogP contribution in [0.5, 0.6) is 5.88 Å². The lowest BCUT2D eigenvalue weighted by molar-refractivity contribution is 0.0420. The second-order valence-electron chi connectivity index (χ2n) is 7.25. The van der Waals surface area contributed by atoms with E-state index in [1.165, 1.54) is 0 Å². The van der Waals surface area contributed by atoms with Crippen molar-refractivity contribution >= 4 is 17.5 Å². The van der Waals surface area contributed by atoms with Crippen LogP contribution < -0.4 is 4.74 Å². The Balaban J connectivity index is 1.29. The summed E-state index contributed by atoms with van der Waals surface area (Å²) in [5.41, 5.74) is 0.541. The number of likely N-dealkylation sites (tertiary alicyclic amines) is 1. The first-order valence-corrected chi connectivity index (χ1v) is 9.59. The fraction of sp³-hybridized carbons (Fsp3) is 0.450. The van der Waals surface area contributed by atoms with Crippen molar-refractivity contribution in [3.8, 4) is 5.88 Å². The SMILES string of the molecule is O=C(c1cccc(Cl)n1)N1CCC2(CC1)COC(COc1ccccn1)C2. The Morgan fingerprint density at radius 3 is 2.85 bits per heavy atom. The summed E-state index contributed by atoms with van der Waals surface area (Å²) in [6, 6.07) is 10.8. The van der Waals surface area contributed by atoms with E-state index in [0.717, 1.165) is 25.9 Å². The minimum atomic E-state index is -0.0544. The topological polar surface area (TPSA) is 64.6 Å². The molecule has 1 amide bonds. The number of hydrogen-bond acceptors (Lipinski definition) is 5. The molecule has 1 unspecified atom stereocenters. The zero-order valence-electron chi connectivity index (χ0n) is 15.0. The monoisotopic (exact) mass is 387 g/mol. The predicted molar refractivity (Wildman–Crippen MR) is 101 cm³/mol. The molecule has 142 valence electrons. The van der Waals surface area contributed by atoms with E-state index in [1.807, 2.05) is 23.1 Å². The number of hydrogen-bond donors (Lipinski definition) is 0. The molecule has 0 aliphatic carbocycles. The lowest BCUT2D eigenvalue weighted by Gasteiger charge is -2.38. The van der Waals surface area contributed by atoms with Gasteiger partial charge in [-0.2, -0.15) is 0 Å². The highest BCUT2D eigenvalue weighted by Gasteiger charge is 2.43. The van der Waals surface area contributed by atoms with Crippen molar-refractivity contribution in [2.45, 2.75) is 25.4 Å². The van der Waals surface area contributed by atoms with Gasteiger partial charge in [0.15, 0.2) is 0 Å². The summed E-state index contributed by atoms with van der Waals surface area (Å²) in [6.07, 6.45) is 4.60. The Morgan fingerprint density at radius 1 is 1.26 bits per heavy atom. The smallest absolute Gasteiger partial charge is 0.272 e. The Kier molecular flexibility index (Phi) is 5.27. The molecule has 6 nitrogen and oxygen atoms in total. The van der Waals surface area contributed by atoms with Crippen LogP contribution in [0.3, 0.4) is 0 Å². The van der Waals surface area contributed by atoms with Crippen LogP contribution >= 0.6 is 11.6 Å². The molecule has 2 aliphatic heterocycles. The third-order valence-corrected chi connectivity index (χ3v) is 5.60. The Hall–Kier alpha value is -2.18. The summed E-state index contributed by atoms with van der Waals surface area (Å²) in [5.74, 6) is 0.567. The minimum Gasteiger partial charge on any atom is -0.475 e. The fourth-order valence-corrected chi connectivity index (χ4v) is 4.00. The first-order chi connectivity index (χ1) is 13.1. The fourth-order valence-electron chi connectivity index (χ4n) is 3.84. The largest absolute Gasteiger partial charge is 0.475 e. The summed E-state index contributed by atoms with van der Waals surface area (Å²) in [4.78, 5) is 22.8. The van der Waals surface area contributed by atoms with Crippen LogP contribution in [0.25, 0.3) is 0 Å². The van der Waals surface area contributed by atoms with Crippen LogP contribution in [0.1, 0.15) is 29.8 Å². The predicted octanol–water partition coefficient (Wildman–Crippen LogP) is 3.22. The molecule has 1 atom stereocenters. The average Bonchev–Trinajstić information content (AvgIpc) is 3.10. The summed E-state index contributed by atoms with van der Waals surface area (Å²) < 4.78 is 11.7. The number of halogens is 1. The molecule has 2 aliphatic rings. The molecule has 0 aromatic carbocycles. The number of ether oxygens (including phenoxy) is 2. The van der Waals surface area contributed by atoms with Crippen LogP contribution in [-0.2, 0) is 4.74 Å². The van der Waals surface area contributed by atoms with E-state index in [2.05, 4.69) is 9.97 Å². The number of pyridine rings is 2. The van der Waals surface area contributed by atoms with Crippen molar-refractivity contribution in [1.82, 2.24) is 14.9 Å². The van der Waals surface area contributed by atoms with Gasteiger partial charge in [0, 0.05) is 25.4 Å². The van der Waals surface area contributed by atoms with Gasteiger partial charge in [0.05, 0.1) is 12.7 Å². The van der Waals surface area contributed by atoms with Gasteiger partial charge >= 0.3 is 0 Å². The molecule has 2 fully saturated rings.